The number of carbonyl (C=O) groups is 2. The number of rotatable bonds is 11. The Kier molecular flexibility index (Phi) is 11.4. The monoisotopic (exact) mass is 740 g/mol. The van der Waals surface area contributed by atoms with Crippen molar-refractivity contribution < 1.29 is 37.7 Å². The van der Waals surface area contributed by atoms with Gasteiger partial charge in [0, 0.05) is 61.9 Å². The van der Waals surface area contributed by atoms with Crippen LogP contribution in [0.15, 0.2) is 60.9 Å². The maximum absolute atomic E-state index is 14.4. The number of β-amino-alcohol motifs (C(OH)–C–C–N with tert-alkyl or cyclic N) is 1. The number of hydrogen-bond acceptors (Lipinski definition) is 9. The van der Waals surface area contributed by atoms with E-state index in [9.17, 15) is 38.2 Å². The number of aliphatic carboxylic acids is 1. The Morgan fingerprint density at radius 2 is 1.81 bits per heavy atom. The zero-order valence-electron chi connectivity index (χ0n) is 29.7. The molecule has 2 atom stereocenters. The van der Waals surface area contributed by atoms with Crippen LogP contribution in [0.5, 0.6) is 5.75 Å². The highest BCUT2D eigenvalue weighted by Gasteiger charge is 2.35. The number of hydrogen-bond donors (Lipinski definition) is 3. The van der Waals surface area contributed by atoms with Gasteiger partial charge in [-0.1, -0.05) is 24.3 Å². The van der Waals surface area contributed by atoms with Gasteiger partial charge in [0.25, 0.3) is 5.91 Å². The van der Waals surface area contributed by atoms with Crippen molar-refractivity contribution in [3.05, 3.63) is 106 Å². The summed E-state index contributed by atoms with van der Waals surface area (Å²) in [4.78, 5) is 37.2. The zero-order chi connectivity index (χ0) is 38.6. The molecule has 0 spiro atoms. The zero-order valence-corrected chi connectivity index (χ0v) is 29.7. The number of anilines is 1. The minimum Gasteiger partial charge on any atom is -0.496 e. The first-order valence-corrected chi connectivity index (χ1v) is 17.4. The van der Waals surface area contributed by atoms with Gasteiger partial charge in [-0.3, -0.25) is 29.4 Å². The summed E-state index contributed by atoms with van der Waals surface area (Å²) in [6.45, 7) is 4.57. The fourth-order valence-electron chi connectivity index (χ4n) is 6.99. The van der Waals surface area contributed by atoms with E-state index in [2.05, 4.69) is 26.3 Å². The van der Waals surface area contributed by atoms with Crippen molar-refractivity contribution in [3.63, 3.8) is 0 Å². The Bertz CT molecular complexity index is 2110. The number of alkyl halides is 3. The Morgan fingerprint density at radius 3 is 2.46 bits per heavy atom. The summed E-state index contributed by atoms with van der Waals surface area (Å²) >= 11 is 0. The van der Waals surface area contributed by atoms with Gasteiger partial charge in [0.15, 0.2) is 0 Å². The predicted octanol–water partition coefficient (Wildman–Crippen LogP) is 6.25. The van der Waals surface area contributed by atoms with Crippen LogP contribution in [0.1, 0.15) is 62.4 Å². The van der Waals surface area contributed by atoms with Crippen LogP contribution in [0.25, 0.3) is 23.3 Å². The van der Waals surface area contributed by atoms with E-state index >= 15 is 0 Å². The van der Waals surface area contributed by atoms with Crippen LogP contribution in [0.2, 0.25) is 0 Å². The van der Waals surface area contributed by atoms with Gasteiger partial charge < -0.3 is 20.3 Å². The lowest BCUT2D eigenvalue weighted by atomic mass is 9.94. The number of amides is 1. The number of aliphatic hydroxyl groups is 1. The molecule has 2 fully saturated rings. The van der Waals surface area contributed by atoms with Gasteiger partial charge in [-0.15, -0.1) is 0 Å². The highest BCUT2D eigenvalue weighted by atomic mass is 19.4. The highest BCUT2D eigenvalue weighted by molar-refractivity contribution is 6.04. The fraction of sp³-hybridized carbons (Fsp3) is 0.325. The number of pyridine rings is 2. The molecule has 0 radical (unpaired) electrons. The molecule has 2 aromatic heterocycles. The molecule has 54 heavy (non-hydrogen) atoms. The Labute approximate surface area is 310 Å². The van der Waals surface area contributed by atoms with Crippen molar-refractivity contribution in [1.82, 2.24) is 19.8 Å². The van der Waals surface area contributed by atoms with Crippen LogP contribution in [0.3, 0.4) is 0 Å². The van der Waals surface area contributed by atoms with Crippen LogP contribution in [0, 0.1) is 24.2 Å². The number of ether oxygens (including phenoxy) is 1. The number of nitrogens with one attached hydrogen (secondary N) is 1. The second-order valence-electron chi connectivity index (χ2n) is 13.5. The largest absolute Gasteiger partial charge is 0.496 e. The lowest BCUT2D eigenvalue weighted by molar-refractivity contribution is -0.141. The minimum absolute atomic E-state index is 0.0924. The second kappa shape index (κ2) is 16.2. The summed E-state index contributed by atoms with van der Waals surface area (Å²) < 4.78 is 48.7. The Balaban J connectivity index is 1.24. The quantitative estimate of drug-likeness (QED) is 0.161. The predicted molar refractivity (Wildman–Crippen MR) is 195 cm³/mol. The molecule has 4 aromatic rings. The number of nitrogens with zero attached hydrogens (tertiary/aromatic N) is 5. The molecule has 4 heterocycles. The van der Waals surface area contributed by atoms with Gasteiger partial charge in [0.2, 0.25) is 0 Å². The molecule has 0 unspecified atom stereocenters. The van der Waals surface area contributed by atoms with Gasteiger partial charge >= 0.3 is 12.1 Å². The van der Waals surface area contributed by atoms with Crippen LogP contribution >= 0.6 is 0 Å². The number of carboxylic acid groups (broad SMARTS) is 1. The molecular weight excluding hydrogens is 701 g/mol. The first-order valence-electron chi connectivity index (χ1n) is 17.4. The van der Waals surface area contributed by atoms with Gasteiger partial charge in [-0.2, -0.15) is 18.4 Å². The summed E-state index contributed by atoms with van der Waals surface area (Å²) in [5, 5.41) is 32.3. The van der Waals surface area contributed by atoms with Gasteiger partial charge in [0.05, 0.1) is 36.0 Å². The van der Waals surface area contributed by atoms with Gasteiger partial charge in [0.1, 0.15) is 17.5 Å². The third kappa shape index (κ3) is 8.60. The lowest BCUT2D eigenvalue weighted by Gasteiger charge is -2.20. The summed E-state index contributed by atoms with van der Waals surface area (Å²) in [6, 6.07) is 14.8. The van der Waals surface area contributed by atoms with E-state index in [0.29, 0.717) is 48.4 Å². The average Bonchev–Trinajstić information content (AvgIpc) is 3.80. The van der Waals surface area contributed by atoms with Crippen molar-refractivity contribution in [1.29, 1.82) is 5.26 Å². The third-order valence-corrected chi connectivity index (χ3v) is 9.87. The van der Waals surface area contributed by atoms with Crippen LogP contribution in [0.4, 0.5) is 18.9 Å². The number of aromatic nitrogens is 2. The molecule has 0 bridgehead atoms. The molecule has 2 aliphatic rings. The minimum atomic E-state index is -4.72. The van der Waals surface area contributed by atoms with Crippen LogP contribution in [-0.2, 0) is 24.1 Å². The van der Waals surface area contributed by atoms with E-state index in [1.165, 1.54) is 31.5 Å². The Morgan fingerprint density at radius 1 is 1.04 bits per heavy atom. The first kappa shape index (κ1) is 38.1. The van der Waals surface area contributed by atoms with Gasteiger partial charge in [-0.05, 0) is 85.0 Å². The molecule has 14 heteroatoms. The van der Waals surface area contributed by atoms with Crippen molar-refractivity contribution >= 4 is 29.7 Å². The number of likely N-dealkylation sites (tertiary alicyclic amines) is 2. The molecule has 1 amide bonds. The molecule has 280 valence electrons. The van der Waals surface area contributed by atoms with Crippen LogP contribution in [-0.4, -0.2) is 81.3 Å². The SMILES string of the molecule is COc1cc(/C=C/c2nccc(-c3cccc(NC(=O)c4ccc(CN5CC[C@@H](O)C5)cn4)c3C)c2C#N)c(C(F)(F)F)cc1CN1CC[C@@H](C(=O)O)C1. The number of carbonyl (C=O) groups excluding carboxylic acids is 1. The van der Waals surface area contributed by atoms with E-state index in [4.69, 9.17) is 4.74 Å². The number of benzene rings is 2. The topological polar surface area (TPSA) is 152 Å². The number of aliphatic hydroxyl groups excluding tert-OH is 1. The number of carboxylic acids is 1. The summed E-state index contributed by atoms with van der Waals surface area (Å²) in [6.07, 6.45) is 1.79. The van der Waals surface area contributed by atoms with E-state index in [1.807, 2.05) is 6.07 Å². The molecule has 2 aliphatic heterocycles. The molecule has 3 N–H and O–H groups in total. The number of halogens is 3. The smallest absolute Gasteiger partial charge is 0.417 e. The first-order chi connectivity index (χ1) is 25.8. The van der Waals surface area contributed by atoms with E-state index in [0.717, 1.165) is 24.6 Å². The maximum atomic E-state index is 14.4. The van der Waals surface area contributed by atoms with Crippen molar-refractivity contribution in [2.45, 2.75) is 45.1 Å². The van der Waals surface area contributed by atoms with E-state index in [-0.39, 0.29) is 53.0 Å². The number of methoxy groups -OCH3 is 1. The second-order valence-corrected chi connectivity index (χ2v) is 13.5. The highest BCUT2D eigenvalue weighted by Crippen LogP contribution is 2.38. The van der Waals surface area contributed by atoms with E-state index in [1.54, 1.807) is 48.4 Å². The molecule has 0 aliphatic carbocycles. The molecule has 2 saturated heterocycles. The molecule has 6 rings (SSSR count). The van der Waals surface area contributed by atoms with Crippen molar-refractivity contribution in [2.24, 2.45) is 5.92 Å². The number of nitriles is 1. The third-order valence-electron chi connectivity index (χ3n) is 9.87. The van der Waals surface area contributed by atoms with E-state index < -0.39 is 29.5 Å². The average molecular weight is 741 g/mol. The van der Waals surface area contributed by atoms with Crippen molar-refractivity contribution in [2.75, 3.05) is 38.6 Å². The Hall–Kier alpha value is -5.62. The normalized spacial score (nSPS) is 17.9. The summed E-state index contributed by atoms with van der Waals surface area (Å²) in [5.74, 6) is -1.72. The summed E-state index contributed by atoms with van der Waals surface area (Å²) in [7, 11) is 1.36. The maximum Gasteiger partial charge on any atom is 0.417 e. The van der Waals surface area contributed by atoms with Crippen molar-refractivity contribution in [3.8, 4) is 22.9 Å². The molecule has 11 nitrogen and oxygen atoms in total. The molecule has 2 aromatic carbocycles. The van der Waals surface area contributed by atoms with Gasteiger partial charge in [-0.25, -0.2) is 0 Å². The molecular formula is C40H39F3N6O5. The summed E-state index contributed by atoms with van der Waals surface area (Å²) in [5.41, 5.74) is 2.81. The lowest BCUT2D eigenvalue weighted by Crippen LogP contribution is -2.23. The van der Waals surface area contributed by atoms with Crippen LogP contribution < -0.4 is 10.1 Å². The standard InChI is InChI=1S/C40H39F3N6O5/c1-24-30(4-3-5-34(24)47-38(51)36-8-6-25(19-46-36)20-48-15-12-29(50)23-48)31-10-13-45-35(32(31)18-44)9-7-26-17-37(54-2)28(16-33(26)40(41,42)43)22-49-14-11-27(21-49)39(52)53/h3-10,13,16-17,19,27,29,50H,11-12,14-15,20-23H2,1-2H3,(H,47,51)(H,52,53)/b9-7+/t27-,29-/m1/s1. The fourth-order valence-corrected chi connectivity index (χ4v) is 6.99. The molecule has 0 saturated carbocycles.